The molecule has 1 aromatic rings. The highest BCUT2D eigenvalue weighted by molar-refractivity contribution is 6.31. The summed E-state index contributed by atoms with van der Waals surface area (Å²) >= 11 is 6.12. The molecular formula is C19H27ClN2O4. The zero-order valence-corrected chi connectivity index (χ0v) is 15.9. The van der Waals surface area contributed by atoms with Gasteiger partial charge in [0.05, 0.1) is 18.3 Å². The molecule has 1 amide bonds. The molecule has 2 aliphatic rings. The molecule has 6 nitrogen and oxygen atoms in total. The maximum absolute atomic E-state index is 12.6. The van der Waals surface area contributed by atoms with Crippen LogP contribution in [0.3, 0.4) is 0 Å². The van der Waals surface area contributed by atoms with Gasteiger partial charge in [0.15, 0.2) is 0 Å². The summed E-state index contributed by atoms with van der Waals surface area (Å²) in [7, 11) is 1.70. The summed E-state index contributed by atoms with van der Waals surface area (Å²) in [5.74, 6) is 0.506. The highest BCUT2D eigenvalue weighted by Gasteiger charge is 2.28. The van der Waals surface area contributed by atoms with Crippen molar-refractivity contribution in [1.29, 1.82) is 0 Å². The topological polar surface area (TPSA) is 71.0 Å². The first-order valence-electron chi connectivity index (χ1n) is 9.21. The third-order valence-electron chi connectivity index (χ3n) is 5.15. The standard InChI is InChI=1S/C19H27ClN2O4/c1-25-7-2-5-22-6-3-14(17(23)12-22)11-21-19(24)16-10-15(20)9-13-4-8-26-18(13)16/h9-10,14,17,23H,2-8,11-12H2,1H3,(H,21,24). The van der Waals surface area contributed by atoms with Crippen molar-refractivity contribution in [1.82, 2.24) is 10.2 Å². The molecule has 1 fully saturated rings. The maximum atomic E-state index is 12.6. The molecular weight excluding hydrogens is 356 g/mol. The normalized spacial score (nSPS) is 22.7. The van der Waals surface area contributed by atoms with Crippen molar-refractivity contribution in [2.75, 3.05) is 46.5 Å². The van der Waals surface area contributed by atoms with E-state index in [1.165, 1.54) is 0 Å². The Morgan fingerprint density at radius 2 is 2.35 bits per heavy atom. The zero-order chi connectivity index (χ0) is 18.5. The predicted molar refractivity (Wildman–Crippen MR) is 100 cm³/mol. The fourth-order valence-electron chi connectivity index (χ4n) is 3.68. The van der Waals surface area contributed by atoms with Crippen LogP contribution < -0.4 is 10.1 Å². The zero-order valence-electron chi connectivity index (χ0n) is 15.2. The molecule has 1 saturated heterocycles. The van der Waals surface area contributed by atoms with Gasteiger partial charge in [-0.05, 0) is 37.1 Å². The number of nitrogens with zero attached hydrogens (tertiary/aromatic N) is 1. The molecule has 2 unspecified atom stereocenters. The Balaban J connectivity index is 1.51. The van der Waals surface area contributed by atoms with Crippen LogP contribution in [-0.4, -0.2) is 68.5 Å². The minimum absolute atomic E-state index is 0.0609. The summed E-state index contributed by atoms with van der Waals surface area (Å²) < 4.78 is 10.7. The number of methoxy groups -OCH3 is 1. The lowest BCUT2D eigenvalue weighted by molar-refractivity contribution is 0.0192. The number of aliphatic hydroxyl groups is 1. The molecule has 3 rings (SSSR count). The van der Waals surface area contributed by atoms with Crippen LogP contribution in [0.15, 0.2) is 12.1 Å². The van der Waals surface area contributed by atoms with Crippen LogP contribution in [0.4, 0.5) is 0 Å². The largest absolute Gasteiger partial charge is 0.492 e. The van der Waals surface area contributed by atoms with Gasteiger partial charge in [-0.25, -0.2) is 0 Å². The Labute approximate surface area is 159 Å². The van der Waals surface area contributed by atoms with Crippen molar-refractivity contribution in [3.05, 3.63) is 28.3 Å². The molecule has 0 aliphatic carbocycles. The number of halogens is 1. The molecule has 2 aliphatic heterocycles. The van der Waals surface area contributed by atoms with Crippen molar-refractivity contribution in [3.8, 4) is 5.75 Å². The van der Waals surface area contributed by atoms with E-state index in [0.29, 0.717) is 36.0 Å². The number of amides is 1. The van der Waals surface area contributed by atoms with Crippen LogP contribution in [0.25, 0.3) is 0 Å². The van der Waals surface area contributed by atoms with E-state index in [1.54, 1.807) is 13.2 Å². The average molecular weight is 383 g/mol. The van der Waals surface area contributed by atoms with Crippen LogP contribution in [0.1, 0.15) is 28.8 Å². The molecule has 2 heterocycles. The van der Waals surface area contributed by atoms with Crippen LogP contribution in [-0.2, 0) is 11.2 Å². The molecule has 26 heavy (non-hydrogen) atoms. The summed E-state index contributed by atoms with van der Waals surface area (Å²) in [5, 5.41) is 13.9. The maximum Gasteiger partial charge on any atom is 0.255 e. The van der Waals surface area contributed by atoms with Gasteiger partial charge in [0.2, 0.25) is 0 Å². The molecule has 0 bridgehead atoms. The van der Waals surface area contributed by atoms with E-state index in [9.17, 15) is 9.90 Å². The highest BCUT2D eigenvalue weighted by atomic mass is 35.5. The van der Waals surface area contributed by atoms with E-state index in [1.807, 2.05) is 6.07 Å². The van der Waals surface area contributed by atoms with Crippen molar-refractivity contribution in [2.45, 2.75) is 25.4 Å². The number of ether oxygens (including phenoxy) is 2. The Morgan fingerprint density at radius 3 is 3.12 bits per heavy atom. The van der Waals surface area contributed by atoms with E-state index in [4.69, 9.17) is 21.1 Å². The number of piperidine rings is 1. The molecule has 2 N–H and O–H groups in total. The number of likely N-dealkylation sites (tertiary alicyclic amines) is 1. The second-order valence-corrected chi connectivity index (χ2v) is 7.45. The number of hydrogen-bond donors (Lipinski definition) is 2. The number of β-amino-alcohol motifs (C(OH)–C–C–N with tert-alkyl or cyclic N) is 1. The quantitative estimate of drug-likeness (QED) is 0.703. The van der Waals surface area contributed by atoms with E-state index in [0.717, 1.165) is 44.5 Å². The van der Waals surface area contributed by atoms with Crippen molar-refractivity contribution in [2.24, 2.45) is 5.92 Å². The lowest BCUT2D eigenvalue weighted by Crippen LogP contribution is -2.48. The van der Waals surface area contributed by atoms with E-state index < -0.39 is 6.10 Å². The van der Waals surface area contributed by atoms with Crippen molar-refractivity contribution >= 4 is 17.5 Å². The van der Waals surface area contributed by atoms with Gasteiger partial charge < -0.3 is 24.8 Å². The fraction of sp³-hybridized carbons (Fsp3) is 0.632. The Bertz CT molecular complexity index is 640. The molecule has 0 aromatic heterocycles. The molecule has 0 radical (unpaired) electrons. The minimum Gasteiger partial charge on any atom is -0.492 e. The van der Waals surface area contributed by atoms with Gasteiger partial charge in [-0.2, -0.15) is 0 Å². The monoisotopic (exact) mass is 382 g/mol. The minimum atomic E-state index is -0.437. The van der Waals surface area contributed by atoms with Crippen molar-refractivity contribution < 1.29 is 19.4 Å². The number of carbonyl (C=O) groups is 1. The van der Waals surface area contributed by atoms with E-state index >= 15 is 0 Å². The predicted octanol–water partition coefficient (Wildman–Crippen LogP) is 1.72. The van der Waals surface area contributed by atoms with Crippen molar-refractivity contribution in [3.63, 3.8) is 0 Å². The summed E-state index contributed by atoms with van der Waals surface area (Å²) in [6.07, 6.45) is 2.16. The number of fused-ring (bicyclic) bond motifs is 1. The first-order valence-corrected chi connectivity index (χ1v) is 9.59. The molecule has 1 aromatic carbocycles. The molecule has 7 heteroatoms. The van der Waals surface area contributed by atoms with E-state index in [2.05, 4.69) is 10.2 Å². The number of hydrogen-bond acceptors (Lipinski definition) is 5. The first-order chi connectivity index (χ1) is 12.6. The van der Waals surface area contributed by atoms with Gasteiger partial charge >= 0.3 is 0 Å². The summed E-state index contributed by atoms with van der Waals surface area (Å²) in [5.41, 5.74) is 1.46. The number of carbonyl (C=O) groups excluding carboxylic acids is 1. The van der Waals surface area contributed by atoms with Crippen LogP contribution >= 0.6 is 11.6 Å². The molecule has 2 atom stereocenters. The van der Waals surface area contributed by atoms with Crippen LogP contribution in [0, 0.1) is 5.92 Å². The fourth-order valence-corrected chi connectivity index (χ4v) is 3.92. The SMILES string of the molecule is COCCCN1CCC(CNC(=O)c2cc(Cl)cc3c2OCC3)C(O)C1. The molecule has 0 spiro atoms. The average Bonchev–Trinajstić information content (AvgIpc) is 3.08. The first kappa shape index (κ1) is 19.4. The van der Waals surface area contributed by atoms with Gasteiger partial charge in [0.1, 0.15) is 5.75 Å². The number of nitrogens with one attached hydrogen (secondary N) is 1. The van der Waals surface area contributed by atoms with Gasteiger partial charge in [-0.3, -0.25) is 4.79 Å². The van der Waals surface area contributed by atoms with Crippen LogP contribution in [0.5, 0.6) is 5.75 Å². The third kappa shape index (κ3) is 4.68. The Morgan fingerprint density at radius 1 is 1.50 bits per heavy atom. The van der Waals surface area contributed by atoms with Gasteiger partial charge in [-0.15, -0.1) is 0 Å². The highest BCUT2D eigenvalue weighted by Crippen LogP contribution is 2.32. The number of aliphatic hydroxyl groups excluding tert-OH is 1. The summed E-state index contributed by atoms with van der Waals surface area (Å²) in [4.78, 5) is 14.8. The second kappa shape index (κ2) is 9.04. The van der Waals surface area contributed by atoms with Gasteiger partial charge in [0.25, 0.3) is 5.91 Å². The number of benzene rings is 1. The third-order valence-corrected chi connectivity index (χ3v) is 5.36. The lowest BCUT2D eigenvalue weighted by Gasteiger charge is -2.36. The number of rotatable bonds is 7. The Hall–Kier alpha value is -1.34. The van der Waals surface area contributed by atoms with Gasteiger partial charge in [-0.1, -0.05) is 11.6 Å². The van der Waals surface area contributed by atoms with E-state index in [-0.39, 0.29) is 11.8 Å². The van der Waals surface area contributed by atoms with Crippen LogP contribution in [0.2, 0.25) is 5.02 Å². The smallest absolute Gasteiger partial charge is 0.255 e. The second-order valence-electron chi connectivity index (χ2n) is 7.01. The summed E-state index contributed by atoms with van der Waals surface area (Å²) in [6, 6.07) is 3.50. The summed E-state index contributed by atoms with van der Waals surface area (Å²) in [6.45, 7) is 4.26. The molecule has 0 saturated carbocycles. The molecule has 144 valence electrons. The lowest BCUT2D eigenvalue weighted by atomic mass is 9.93. The Kier molecular flexibility index (Phi) is 6.75. The van der Waals surface area contributed by atoms with Gasteiger partial charge in [0, 0.05) is 50.7 Å².